The van der Waals surface area contributed by atoms with Crippen molar-refractivity contribution in [3.05, 3.63) is 75.5 Å². The number of carbonyl (C=O) groups is 1. The van der Waals surface area contributed by atoms with Crippen LogP contribution in [-0.2, 0) is 21.2 Å². The van der Waals surface area contributed by atoms with Gasteiger partial charge in [-0.05, 0) is 79.0 Å². The average Bonchev–Trinajstić information content (AvgIpc) is 3.88. The highest BCUT2D eigenvalue weighted by atomic mass is 35.5. The summed E-state index contributed by atoms with van der Waals surface area (Å²) in [6, 6.07) is 8.55. The molecule has 1 heterocycles. The van der Waals surface area contributed by atoms with Crippen molar-refractivity contribution in [3.63, 3.8) is 0 Å². The first-order valence-electron chi connectivity index (χ1n) is 13.9. The summed E-state index contributed by atoms with van der Waals surface area (Å²) in [7, 11) is -3.62. The van der Waals surface area contributed by atoms with E-state index in [9.17, 15) is 22.0 Å². The maximum Gasteiger partial charge on any atom is 0.387 e. The predicted octanol–water partition coefficient (Wildman–Crippen LogP) is 7.08. The molecule has 5 rings (SSSR count). The Morgan fingerprint density at radius 2 is 1.59 bits per heavy atom. The summed E-state index contributed by atoms with van der Waals surface area (Å²) in [6.45, 7) is -2.37. The largest absolute Gasteiger partial charge is 0.491 e. The molecule has 2 aromatic carbocycles. The minimum absolute atomic E-state index is 0.0157. The Morgan fingerprint density at radius 3 is 2.18 bits per heavy atom. The third kappa shape index (κ3) is 9.09. The highest BCUT2D eigenvalue weighted by molar-refractivity contribution is 7.92. The summed E-state index contributed by atoms with van der Waals surface area (Å²) >= 11 is 12.8. The van der Waals surface area contributed by atoms with Crippen LogP contribution in [0.5, 0.6) is 17.2 Å². The van der Waals surface area contributed by atoms with Gasteiger partial charge in [0.05, 0.1) is 40.8 Å². The number of pyridine rings is 1. The first-order valence-corrected chi connectivity index (χ1v) is 16.5. The van der Waals surface area contributed by atoms with E-state index in [1.165, 1.54) is 48.8 Å². The molecule has 2 fully saturated rings. The zero-order valence-electron chi connectivity index (χ0n) is 23.6. The molecule has 0 bridgehead atoms. The molecule has 1 aromatic heterocycles. The predicted molar refractivity (Wildman–Crippen MR) is 161 cm³/mol. The molecule has 0 amide bonds. The van der Waals surface area contributed by atoms with Gasteiger partial charge in [0.2, 0.25) is 10.0 Å². The highest BCUT2D eigenvalue weighted by Crippen LogP contribution is 2.39. The van der Waals surface area contributed by atoms with Gasteiger partial charge in [-0.25, -0.2) is 13.2 Å². The molecule has 2 aliphatic carbocycles. The van der Waals surface area contributed by atoms with E-state index in [0.717, 1.165) is 31.9 Å². The van der Waals surface area contributed by atoms with Crippen LogP contribution >= 0.6 is 23.2 Å². The number of sulfonamides is 1. The smallest absolute Gasteiger partial charge is 0.387 e. The van der Waals surface area contributed by atoms with E-state index < -0.39 is 28.7 Å². The number of halogens is 4. The number of rotatable bonds is 15. The second-order valence-electron chi connectivity index (χ2n) is 10.9. The fraction of sp³-hybridized carbons (Fsp3) is 0.400. The number of hydrogen-bond donors (Lipinski definition) is 1. The van der Waals surface area contributed by atoms with Crippen LogP contribution in [0.25, 0.3) is 0 Å². The van der Waals surface area contributed by atoms with Crippen LogP contribution in [0.3, 0.4) is 0 Å². The quantitative estimate of drug-likeness (QED) is 0.171. The summed E-state index contributed by atoms with van der Waals surface area (Å²) in [6.07, 6.45) is 6.81. The van der Waals surface area contributed by atoms with E-state index in [1.807, 2.05) is 0 Å². The number of anilines is 1. The molecule has 0 spiro atoms. The molecule has 0 aliphatic heterocycles. The van der Waals surface area contributed by atoms with Crippen molar-refractivity contribution >= 4 is 44.9 Å². The van der Waals surface area contributed by atoms with Crippen molar-refractivity contribution in [1.29, 1.82) is 0 Å². The minimum Gasteiger partial charge on any atom is -0.491 e. The van der Waals surface area contributed by atoms with Crippen LogP contribution in [0.2, 0.25) is 10.0 Å². The van der Waals surface area contributed by atoms with Crippen molar-refractivity contribution in [2.24, 2.45) is 11.8 Å². The molecule has 1 unspecified atom stereocenters. The molecule has 236 valence electrons. The van der Waals surface area contributed by atoms with Crippen LogP contribution in [0.15, 0.2) is 48.8 Å². The molecule has 0 saturated heterocycles. The van der Waals surface area contributed by atoms with Gasteiger partial charge < -0.3 is 18.9 Å². The Balaban J connectivity index is 1.46. The molecule has 44 heavy (non-hydrogen) atoms. The van der Waals surface area contributed by atoms with Crippen LogP contribution in [0.4, 0.5) is 14.5 Å². The van der Waals surface area contributed by atoms with Crippen LogP contribution in [0.1, 0.15) is 53.3 Å². The highest BCUT2D eigenvalue weighted by Gasteiger charge is 2.27. The molecule has 2 saturated carbocycles. The Kier molecular flexibility index (Phi) is 10.0. The Morgan fingerprint density at radius 1 is 0.955 bits per heavy atom. The Labute approximate surface area is 263 Å². The second kappa shape index (κ2) is 13.7. The topological polar surface area (TPSA) is 113 Å². The summed E-state index contributed by atoms with van der Waals surface area (Å²) in [5.41, 5.74) is 1.14. The molecular formula is C30H30Cl2F2N2O7S. The fourth-order valence-electron chi connectivity index (χ4n) is 4.31. The number of alkyl halides is 2. The lowest BCUT2D eigenvalue weighted by Crippen LogP contribution is -2.16. The van der Waals surface area contributed by atoms with Crippen LogP contribution in [-0.4, -0.2) is 45.5 Å². The number of benzene rings is 2. The Hall–Kier alpha value is -3.35. The Bertz CT molecular complexity index is 1600. The molecule has 0 radical (unpaired) electrons. The van der Waals surface area contributed by atoms with Gasteiger partial charge in [0.15, 0.2) is 11.5 Å². The van der Waals surface area contributed by atoms with Crippen LogP contribution in [0, 0.1) is 11.8 Å². The van der Waals surface area contributed by atoms with E-state index in [1.54, 1.807) is 0 Å². The molecule has 2 aliphatic rings. The number of carbonyl (C=O) groups excluding carboxylic acids is 1. The van der Waals surface area contributed by atoms with Gasteiger partial charge in [0.25, 0.3) is 0 Å². The standard InChI is InChI=1S/C30H30Cl2F2N2O7S/c1-44(38,39)36-24-8-6-20(11-27(24)40-15-17-2-3-17)29(37)42-26(12-21-22(31)13-35-14-23(21)32)19-7-9-25(43-30(33)34)28(10-19)41-16-18-4-5-18/h6-11,13-14,17-18,26,30,36H,2-5,12,15-16H2,1H3. The summed E-state index contributed by atoms with van der Waals surface area (Å²) in [5, 5.41) is 0.488. The van der Waals surface area contributed by atoms with Crippen molar-refractivity contribution in [1.82, 2.24) is 4.98 Å². The van der Waals surface area contributed by atoms with E-state index in [4.69, 9.17) is 37.4 Å². The van der Waals surface area contributed by atoms with Crippen LogP contribution < -0.4 is 18.9 Å². The second-order valence-corrected chi connectivity index (χ2v) is 13.4. The summed E-state index contributed by atoms with van der Waals surface area (Å²) < 4.78 is 74.8. The third-order valence-corrected chi connectivity index (χ3v) is 8.24. The zero-order chi connectivity index (χ0) is 31.4. The molecule has 3 aromatic rings. The van der Waals surface area contributed by atoms with E-state index in [-0.39, 0.29) is 45.0 Å². The van der Waals surface area contributed by atoms with Crippen molar-refractivity contribution < 1.29 is 40.9 Å². The van der Waals surface area contributed by atoms with Gasteiger partial charge in [-0.3, -0.25) is 9.71 Å². The van der Waals surface area contributed by atoms with E-state index >= 15 is 0 Å². The monoisotopic (exact) mass is 670 g/mol. The molecule has 14 heteroatoms. The lowest BCUT2D eigenvalue weighted by molar-refractivity contribution is -0.0515. The number of ether oxygens (including phenoxy) is 4. The van der Waals surface area contributed by atoms with Gasteiger partial charge in [-0.1, -0.05) is 29.3 Å². The summed E-state index contributed by atoms with van der Waals surface area (Å²) in [4.78, 5) is 17.5. The maximum absolute atomic E-state index is 13.6. The van der Waals surface area contributed by atoms with Crippen molar-refractivity contribution in [2.75, 3.05) is 24.2 Å². The minimum atomic E-state index is -3.62. The summed E-state index contributed by atoms with van der Waals surface area (Å²) in [5.74, 6) is 0.0435. The number of nitrogens with one attached hydrogen (secondary N) is 1. The lowest BCUT2D eigenvalue weighted by atomic mass is 10.0. The maximum atomic E-state index is 13.6. The third-order valence-electron chi connectivity index (χ3n) is 7.00. The molecular weight excluding hydrogens is 641 g/mol. The van der Waals surface area contributed by atoms with Gasteiger partial charge in [0.1, 0.15) is 11.9 Å². The number of aromatic nitrogens is 1. The SMILES string of the molecule is CS(=O)(=O)Nc1ccc(C(=O)OC(Cc2c(Cl)cncc2Cl)c2ccc(OC(F)F)c(OCC3CC3)c2)cc1OCC1CC1. The molecule has 9 nitrogen and oxygen atoms in total. The zero-order valence-corrected chi connectivity index (χ0v) is 25.9. The van der Waals surface area contributed by atoms with E-state index in [2.05, 4.69) is 14.4 Å². The van der Waals surface area contributed by atoms with E-state index in [0.29, 0.717) is 36.2 Å². The first-order chi connectivity index (χ1) is 20.9. The van der Waals surface area contributed by atoms with Gasteiger partial charge in [-0.2, -0.15) is 8.78 Å². The van der Waals surface area contributed by atoms with Crippen molar-refractivity contribution in [2.45, 2.75) is 44.8 Å². The normalized spacial score (nSPS) is 15.5. The average molecular weight is 672 g/mol. The molecule has 1 N–H and O–H groups in total. The van der Waals surface area contributed by atoms with Gasteiger partial charge in [0, 0.05) is 18.8 Å². The number of nitrogens with zero attached hydrogens (tertiary/aromatic N) is 1. The van der Waals surface area contributed by atoms with Crippen molar-refractivity contribution in [3.8, 4) is 17.2 Å². The number of hydrogen-bond acceptors (Lipinski definition) is 8. The molecule has 1 atom stereocenters. The fourth-order valence-corrected chi connectivity index (χ4v) is 5.40. The lowest BCUT2D eigenvalue weighted by Gasteiger charge is -2.22. The van der Waals surface area contributed by atoms with Gasteiger partial charge in [-0.15, -0.1) is 0 Å². The first kappa shape index (κ1) is 32.1. The number of esters is 1. The van der Waals surface area contributed by atoms with Gasteiger partial charge >= 0.3 is 12.6 Å².